The molecule has 0 amide bonds. The fourth-order valence-electron chi connectivity index (χ4n) is 7.47. The molecule has 0 unspecified atom stereocenters. The third kappa shape index (κ3) is 3.34. The summed E-state index contributed by atoms with van der Waals surface area (Å²) in [5.41, 5.74) is 9.50. The van der Waals surface area contributed by atoms with E-state index >= 15 is 0 Å². The Morgan fingerprint density at radius 1 is 0.578 bits per heavy atom. The molecule has 3 heterocycles. The van der Waals surface area contributed by atoms with Gasteiger partial charge < -0.3 is 9.15 Å². The van der Waals surface area contributed by atoms with Gasteiger partial charge in [0, 0.05) is 22.8 Å². The van der Waals surface area contributed by atoms with Gasteiger partial charge in [-0.1, -0.05) is 97.9 Å². The molecule has 9 aromatic rings. The highest BCUT2D eigenvalue weighted by Crippen LogP contribution is 2.50. The van der Waals surface area contributed by atoms with Crippen molar-refractivity contribution in [1.82, 2.24) is 9.55 Å². The van der Waals surface area contributed by atoms with Gasteiger partial charge in [-0.15, -0.1) is 0 Å². The van der Waals surface area contributed by atoms with Crippen LogP contribution < -0.4 is 4.74 Å². The number of aryl methyl sites for hydroxylation is 1. The molecule has 0 radical (unpaired) electrons. The Kier molecular flexibility index (Phi) is 4.95. The second kappa shape index (κ2) is 9.07. The molecule has 4 heteroatoms. The number of furan rings is 1. The van der Waals surface area contributed by atoms with Gasteiger partial charge in [0.25, 0.3) is 0 Å². The third-order valence-electron chi connectivity index (χ3n) is 9.34. The first-order valence-electron chi connectivity index (χ1n) is 15.5. The molecule has 0 atom stereocenters. The number of imidazole rings is 1. The molecule has 2 aromatic heterocycles. The number of hydrogen-bond acceptors (Lipinski definition) is 3. The molecule has 0 fully saturated rings. The molecule has 0 aliphatic carbocycles. The van der Waals surface area contributed by atoms with E-state index in [4.69, 9.17) is 14.1 Å². The topological polar surface area (TPSA) is 40.2 Å². The van der Waals surface area contributed by atoms with Gasteiger partial charge in [0.15, 0.2) is 11.5 Å². The number of aromatic nitrogens is 2. The van der Waals surface area contributed by atoms with E-state index in [9.17, 15) is 0 Å². The van der Waals surface area contributed by atoms with Crippen molar-refractivity contribution < 1.29 is 9.15 Å². The second-order valence-corrected chi connectivity index (χ2v) is 11.7. The van der Waals surface area contributed by atoms with E-state index in [1.807, 2.05) is 24.3 Å². The first-order chi connectivity index (χ1) is 22.3. The highest BCUT2D eigenvalue weighted by atomic mass is 16.5. The Hall–Kier alpha value is -5.87. The summed E-state index contributed by atoms with van der Waals surface area (Å²) >= 11 is 0. The molecule has 0 saturated carbocycles. The lowest BCUT2D eigenvalue weighted by atomic mass is 9.85. The SMILES string of the molecule is CCc1nc2cccc3c2n1-c1c(cccc1-c1c2ccccc2c(-c2ccc4c(c2)oc2ccccc24)c2ccccc12)O3. The van der Waals surface area contributed by atoms with E-state index in [2.05, 4.69) is 115 Å². The summed E-state index contributed by atoms with van der Waals surface area (Å²) in [4.78, 5) is 5.03. The summed E-state index contributed by atoms with van der Waals surface area (Å²) in [5.74, 6) is 2.71. The average molecular weight is 579 g/mol. The van der Waals surface area contributed by atoms with E-state index in [1.165, 1.54) is 32.7 Å². The van der Waals surface area contributed by atoms with E-state index in [-0.39, 0.29) is 0 Å². The minimum Gasteiger partial charge on any atom is -0.456 e. The maximum Gasteiger partial charge on any atom is 0.153 e. The number of hydrogen-bond donors (Lipinski definition) is 0. The van der Waals surface area contributed by atoms with Gasteiger partial charge in [-0.05, 0) is 74.6 Å². The normalized spacial score (nSPS) is 12.4. The second-order valence-electron chi connectivity index (χ2n) is 11.7. The van der Waals surface area contributed by atoms with Crippen LogP contribution in [0.25, 0.3) is 82.5 Å². The van der Waals surface area contributed by atoms with Crippen LogP contribution in [-0.4, -0.2) is 9.55 Å². The Labute approximate surface area is 258 Å². The Bertz CT molecular complexity index is 2620. The van der Waals surface area contributed by atoms with Crippen LogP contribution in [0.4, 0.5) is 0 Å². The maximum atomic E-state index is 6.58. The first kappa shape index (κ1) is 24.6. The zero-order valence-electron chi connectivity index (χ0n) is 24.5. The number of nitrogens with zero attached hydrogens (tertiary/aromatic N) is 2. The fraction of sp³-hybridized carbons (Fsp3) is 0.0488. The zero-order chi connectivity index (χ0) is 29.6. The van der Waals surface area contributed by atoms with Crippen LogP contribution in [0.1, 0.15) is 12.7 Å². The highest BCUT2D eigenvalue weighted by molar-refractivity contribution is 6.22. The van der Waals surface area contributed by atoms with E-state index in [1.54, 1.807) is 0 Å². The van der Waals surface area contributed by atoms with Gasteiger partial charge in [0.2, 0.25) is 0 Å². The van der Waals surface area contributed by atoms with Crippen molar-refractivity contribution in [3.05, 3.63) is 133 Å². The molecule has 0 N–H and O–H groups in total. The van der Waals surface area contributed by atoms with Gasteiger partial charge in [0.05, 0.1) is 11.2 Å². The molecule has 10 rings (SSSR count). The van der Waals surface area contributed by atoms with Crippen molar-refractivity contribution in [3.8, 4) is 39.4 Å². The monoisotopic (exact) mass is 578 g/mol. The molecule has 0 saturated heterocycles. The number of rotatable bonds is 3. The van der Waals surface area contributed by atoms with Crippen molar-refractivity contribution in [1.29, 1.82) is 0 Å². The molecule has 1 aliphatic heterocycles. The smallest absolute Gasteiger partial charge is 0.153 e. The van der Waals surface area contributed by atoms with Crippen molar-refractivity contribution in [2.24, 2.45) is 0 Å². The number of ether oxygens (including phenoxy) is 1. The summed E-state index contributed by atoms with van der Waals surface area (Å²) in [6.07, 6.45) is 0.812. The summed E-state index contributed by atoms with van der Waals surface area (Å²) in [5, 5.41) is 7.05. The Morgan fingerprint density at radius 2 is 1.22 bits per heavy atom. The van der Waals surface area contributed by atoms with Crippen LogP contribution in [-0.2, 0) is 6.42 Å². The van der Waals surface area contributed by atoms with E-state index in [0.29, 0.717) is 0 Å². The largest absolute Gasteiger partial charge is 0.456 e. The quantitative estimate of drug-likeness (QED) is 0.196. The lowest BCUT2D eigenvalue weighted by molar-refractivity contribution is 0.474. The first-order valence-corrected chi connectivity index (χ1v) is 15.5. The minimum absolute atomic E-state index is 0.812. The van der Waals surface area contributed by atoms with Crippen LogP contribution in [0.15, 0.2) is 132 Å². The van der Waals surface area contributed by atoms with Crippen molar-refractivity contribution >= 4 is 54.5 Å². The van der Waals surface area contributed by atoms with E-state index < -0.39 is 0 Å². The Morgan fingerprint density at radius 3 is 1.98 bits per heavy atom. The lowest BCUT2D eigenvalue weighted by Crippen LogP contribution is -2.09. The van der Waals surface area contributed by atoms with Crippen molar-refractivity contribution in [2.45, 2.75) is 13.3 Å². The fourth-order valence-corrected chi connectivity index (χ4v) is 7.47. The molecule has 212 valence electrons. The molecule has 45 heavy (non-hydrogen) atoms. The van der Waals surface area contributed by atoms with Gasteiger partial charge in [-0.2, -0.15) is 0 Å². The van der Waals surface area contributed by atoms with Crippen molar-refractivity contribution in [2.75, 3.05) is 0 Å². The molecule has 4 nitrogen and oxygen atoms in total. The molecule has 7 aromatic carbocycles. The predicted octanol–water partition coefficient (Wildman–Crippen LogP) is 11.2. The van der Waals surface area contributed by atoms with Crippen LogP contribution >= 0.6 is 0 Å². The van der Waals surface area contributed by atoms with Gasteiger partial charge in [-0.25, -0.2) is 4.98 Å². The maximum absolute atomic E-state index is 6.58. The van der Waals surface area contributed by atoms with Crippen LogP contribution in [0.2, 0.25) is 0 Å². The standard InChI is InChI=1S/C41H26N2O2/c1-2-37-42-32-17-10-20-35-41(32)43(37)40-31(16-9-19-34(40)45-35)39-29-14-5-3-12-27(29)38(28-13-4-6-15-30(28)39)24-21-22-26-25-11-7-8-18-33(25)44-36(26)23-24/h3-23H,2H2,1H3. The number of para-hydroxylation sites is 3. The summed E-state index contributed by atoms with van der Waals surface area (Å²) < 4.78 is 15.2. The van der Waals surface area contributed by atoms with Crippen LogP contribution in [0, 0.1) is 0 Å². The zero-order valence-corrected chi connectivity index (χ0v) is 24.5. The molecular formula is C41H26N2O2. The molecule has 1 aliphatic rings. The predicted molar refractivity (Wildman–Crippen MR) is 184 cm³/mol. The number of fused-ring (bicyclic) bond motifs is 7. The summed E-state index contributed by atoms with van der Waals surface area (Å²) in [6, 6.07) is 45.0. The molecule has 0 spiro atoms. The molecule has 0 bridgehead atoms. The third-order valence-corrected chi connectivity index (χ3v) is 9.34. The van der Waals surface area contributed by atoms with Crippen LogP contribution in [0.3, 0.4) is 0 Å². The molecular weight excluding hydrogens is 552 g/mol. The van der Waals surface area contributed by atoms with Crippen LogP contribution in [0.5, 0.6) is 11.5 Å². The lowest BCUT2D eigenvalue weighted by Gasteiger charge is -2.25. The number of benzene rings is 7. The highest BCUT2D eigenvalue weighted by Gasteiger charge is 2.28. The summed E-state index contributed by atoms with van der Waals surface area (Å²) in [7, 11) is 0. The Balaban J connectivity index is 1.31. The van der Waals surface area contributed by atoms with Crippen molar-refractivity contribution in [3.63, 3.8) is 0 Å². The minimum atomic E-state index is 0.812. The van der Waals surface area contributed by atoms with Gasteiger partial charge in [-0.3, -0.25) is 4.57 Å². The van der Waals surface area contributed by atoms with Gasteiger partial charge in [0.1, 0.15) is 22.5 Å². The average Bonchev–Trinajstić information content (AvgIpc) is 3.66. The van der Waals surface area contributed by atoms with E-state index in [0.717, 1.165) is 73.5 Å². The van der Waals surface area contributed by atoms with Gasteiger partial charge >= 0.3 is 0 Å². The summed E-state index contributed by atoms with van der Waals surface area (Å²) in [6.45, 7) is 2.17.